The average Bonchev–Trinajstić information content (AvgIpc) is 2.21. The summed E-state index contributed by atoms with van der Waals surface area (Å²) in [6, 6.07) is 7.92. The standard InChI is InChI=1S/C12H13NO/c1-10-5-6-11(4-2-3-7-13)8-12(10)9-14/h2,4-6,8,14H,3,9H2,1H3. The largest absolute Gasteiger partial charge is 0.392 e. The summed E-state index contributed by atoms with van der Waals surface area (Å²) in [6.07, 6.45) is 4.12. The molecule has 0 aliphatic rings. The first-order valence-electron chi connectivity index (χ1n) is 4.52. The number of hydrogen-bond donors (Lipinski definition) is 1. The molecular weight excluding hydrogens is 174 g/mol. The van der Waals surface area contributed by atoms with Gasteiger partial charge in [0.1, 0.15) is 0 Å². The highest BCUT2D eigenvalue weighted by molar-refractivity contribution is 5.51. The molecule has 0 bridgehead atoms. The van der Waals surface area contributed by atoms with Crippen molar-refractivity contribution in [1.29, 1.82) is 5.26 Å². The van der Waals surface area contributed by atoms with Crippen LogP contribution < -0.4 is 0 Å². The third kappa shape index (κ3) is 2.72. The lowest BCUT2D eigenvalue weighted by Crippen LogP contribution is -1.88. The Bertz CT molecular complexity index is 374. The molecule has 0 radical (unpaired) electrons. The van der Waals surface area contributed by atoms with Crippen molar-refractivity contribution in [2.75, 3.05) is 0 Å². The van der Waals surface area contributed by atoms with Crippen molar-refractivity contribution in [2.45, 2.75) is 20.0 Å². The molecule has 0 aliphatic heterocycles. The number of benzene rings is 1. The van der Waals surface area contributed by atoms with Gasteiger partial charge in [-0.3, -0.25) is 0 Å². The van der Waals surface area contributed by atoms with Crippen LogP contribution >= 0.6 is 0 Å². The molecule has 14 heavy (non-hydrogen) atoms. The predicted molar refractivity (Wildman–Crippen MR) is 56.4 cm³/mol. The van der Waals surface area contributed by atoms with Gasteiger partial charge in [-0.15, -0.1) is 0 Å². The predicted octanol–water partition coefficient (Wildman–Crippen LogP) is 2.41. The van der Waals surface area contributed by atoms with E-state index < -0.39 is 0 Å². The minimum absolute atomic E-state index is 0.0613. The number of aryl methyl sites for hydroxylation is 1. The summed E-state index contributed by atoms with van der Waals surface area (Å²) in [5, 5.41) is 17.4. The lowest BCUT2D eigenvalue weighted by atomic mass is 10.1. The van der Waals surface area contributed by atoms with Crippen LogP contribution in [0.15, 0.2) is 24.3 Å². The molecule has 0 aromatic heterocycles. The van der Waals surface area contributed by atoms with Crippen LogP contribution in [0.5, 0.6) is 0 Å². The second kappa shape index (κ2) is 5.21. The second-order valence-corrected chi connectivity index (χ2v) is 3.11. The molecule has 2 heteroatoms. The minimum Gasteiger partial charge on any atom is -0.392 e. The van der Waals surface area contributed by atoms with Crippen molar-refractivity contribution in [2.24, 2.45) is 0 Å². The van der Waals surface area contributed by atoms with Crippen LogP contribution in [0, 0.1) is 18.3 Å². The van der Waals surface area contributed by atoms with Crippen LogP contribution in [0.25, 0.3) is 6.08 Å². The van der Waals surface area contributed by atoms with Gasteiger partial charge in [-0.2, -0.15) is 5.26 Å². The SMILES string of the molecule is Cc1ccc(C=CCC#N)cc1CO. The van der Waals surface area contributed by atoms with Gasteiger partial charge >= 0.3 is 0 Å². The van der Waals surface area contributed by atoms with E-state index >= 15 is 0 Å². The van der Waals surface area contributed by atoms with Crippen molar-refractivity contribution in [3.63, 3.8) is 0 Å². The maximum Gasteiger partial charge on any atom is 0.0684 e. The number of aliphatic hydroxyl groups excluding tert-OH is 1. The van der Waals surface area contributed by atoms with E-state index in [-0.39, 0.29) is 6.61 Å². The normalized spacial score (nSPS) is 10.4. The van der Waals surface area contributed by atoms with Gasteiger partial charge in [-0.25, -0.2) is 0 Å². The monoisotopic (exact) mass is 187 g/mol. The number of aliphatic hydroxyl groups is 1. The van der Waals surface area contributed by atoms with Crippen LogP contribution in [-0.2, 0) is 6.61 Å². The van der Waals surface area contributed by atoms with Gasteiger partial charge in [-0.1, -0.05) is 24.3 Å². The van der Waals surface area contributed by atoms with Crippen LogP contribution in [0.4, 0.5) is 0 Å². The van der Waals surface area contributed by atoms with Gasteiger partial charge in [-0.05, 0) is 29.7 Å². The molecule has 0 aliphatic carbocycles. The molecule has 1 rings (SSSR count). The smallest absolute Gasteiger partial charge is 0.0684 e. The third-order valence-corrected chi connectivity index (χ3v) is 2.06. The van der Waals surface area contributed by atoms with E-state index in [0.717, 1.165) is 16.7 Å². The van der Waals surface area contributed by atoms with Crippen molar-refractivity contribution < 1.29 is 5.11 Å². The molecule has 0 spiro atoms. The number of nitriles is 1. The summed E-state index contributed by atoms with van der Waals surface area (Å²) < 4.78 is 0. The molecule has 2 nitrogen and oxygen atoms in total. The van der Waals surface area contributed by atoms with E-state index in [1.54, 1.807) is 0 Å². The fourth-order valence-electron chi connectivity index (χ4n) is 1.21. The van der Waals surface area contributed by atoms with E-state index in [0.29, 0.717) is 6.42 Å². The summed E-state index contributed by atoms with van der Waals surface area (Å²) in [6.45, 7) is 2.03. The average molecular weight is 187 g/mol. The lowest BCUT2D eigenvalue weighted by Gasteiger charge is -2.02. The summed E-state index contributed by atoms with van der Waals surface area (Å²) in [7, 11) is 0. The number of rotatable bonds is 3. The summed E-state index contributed by atoms with van der Waals surface area (Å²) in [5.74, 6) is 0. The molecular formula is C12H13NO. The number of nitrogens with zero attached hydrogens (tertiary/aromatic N) is 1. The van der Waals surface area contributed by atoms with Crippen molar-refractivity contribution >= 4 is 6.08 Å². The highest BCUT2D eigenvalue weighted by Gasteiger charge is 1.96. The first-order valence-corrected chi connectivity index (χ1v) is 4.52. The topological polar surface area (TPSA) is 44.0 Å². The molecule has 0 saturated heterocycles. The van der Waals surface area contributed by atoms with Crippen LogP contribution in [0.2, 0.25) is 0 Å². The summed E-state index contributed by atoms with van der Waals surface area (Å²) in [4.78, 5) is 0. The Morgan fingerprint density at radius 2 is 2.29 bits per heavy atom. The molecule has 0 amide bonds. The van der Waals surface area contributed by atoms with Crippen molar-refractivity contribution in [3.8, 4) is 6.07 Å². The van der Waals surface area contributed by atoms with Gasteiger partial charge in [0.15, 0.2) is 0 Å². The minimum atomic E-state index is 0.0613. The van der Waals surface area contributed by atoms with Gasteiger partial charge in [0.05, 0.1) is 19.1 Å². The number of hydrogen-bond acceptors (Lipinski definition) is 2. The van der Waals surface area contributed by atoms with E-state index in [9.17, 15) is 0 Å². The zero-order valence-electron chi connectivity index (χ0n) is 8.20. The van der Waals surface area contributed by atoms with Crippen molar-refractivity contribution in [1.82, 2.24) is 0 Å². The molecule has 1 N–H and O–H groups in total. The maximum absolute atomic E-state index is 9.04. The Morgan fingerprint density at radius 3 is 2.93 bits per heavy atom. The fourth-order valence-corrected chi connectivity index (χ4v) is 1.21. The molecule has 0 saturated carbocycles. The van der Waals surface area contributed by atoms with Crippen LogP contribution in [-0.4, -0.2) is 5.11 Å². The molecule has 0 heterocycles. The van der Waals surface area contributed by atoms with Gasteiger partial charge in [0.2, 0.25) is 0 Å². The highest BCUT2D eigenvalue weighted by Crippen LogP contribution is 2.12. The van der Waals surface area contributed by atoms with E-state index in [2.05, 4.69) is 0 Å². The van der Waals surface area contributed by atoms with Gasteiger partial charge in [0, 0.05) is 0 Å². The Balaban J connectivity index is 2.85. The summed E-state index contributed by atoms with van der Waals surface area (Å²) >= 11 is 0. The zero-order valence-corrected chi connectivity index (χ0v) is 8.20. The van der Waals surface area contributed by atoms with Crippen LogP contribution in [0.3, 0.4) is 0 Å². The molecule has 0 fully saturated rings. The molecule has 1 aromatic rings. The maximum atomic E-state index is 9.04. The van der Waals surface area contributed by atoms with E-state index in [4.69, 9.17) is 10.4 Å². The zero-order chi connectivity index (χ0) is 10.4. The molecule has 1 aromatic carbocycles. The molecule has 0 atom stereocenters. The van der Waals surface area contributed by atoms with Crippen molar-refractivity contribution in [3.05, 3.63) is 41.0 Å². The Kier molecular flexibility index (Phi) is 3.90. The lowest BCUT2D eigenvalue weighted by molar-refractivity contribution is 0.281. The second-order valence-electron chi connectivity index (χ2n) is 3.11. The van der Waals surface area contributed by atoms with Gasteiger partial charge in [0.25, 0.3) is 0 Å². The fraction of sp³-hybridized carbons (Fsp3) is 0.250. The Hall–Kier alpha value is -1.59. The van der Waals surface area contributed by atoms with E-state index in [1.165, 1.54) is 0 Å². The quantitative estimate of drug-likeness (QED) is 0.789. The molecule has 0 unspecified atom stereocenters. The Morgan fingerprint density at radius 1 is 1.50 bits per heavy atom. The Labute approximate surface area is 84.1 Å². The highest BCUT2D eigenvalue weighted by atomic mass is 16.3. The summed E-state index contributed by atoms with van der Waals surface area (Å²) in [5.41, 5.74) is 3.05. The molecule has 72 valence electrons. The first kappa shape index (κ1) is 10.5. The first-order chi connectivity index (χ1) is 6.77. The van der Waals surface area contributed by atoms with Crippen LogP contribution in [0.1, 0.15) is 23.1 Å². The number of allylic oxidation sites excluding steroid dienone is 1. The van der Waals surface area contributed by atoms with Gasteiger partial charge < -0.3 is 5.11 Å². The van der Waals surface area contributed by atoms with E-state index in [1.807, 2.05) is 43.3 Å². The third-order valence-electron chi connectivity index (χ3n) is 2.06.